The second kappa shape index (κ2) is 8.77. The molecule has 2 rings (SSSR count). The summed E-state index contributed by atoms with van der Waals surface area (Å²) in [5, 5.41) is 6.85. The Morgan fingerprint density at radius 1 is 1.26 bits per heavy atom. The third kappa shape index (κ3) is 5.98. The summed E-state index contributed by atoms with van der Waals surface area (Å²) in [5.74, 6) is 1.25. The van der Waals surface area contributed by atoms with Gasteiger partial charge < -0.3 is 14.8 Å². The first-order valence-corrected chi connectivity index (χ1v) is 7.65. The highest BCUT2D eigenvalue weighted by Crippen LogP contribution is 2.17. The lowest BCUT2D eigenvalue weighted by Crippen LogP contribution is -2.38. The van der Waals surface area contributed by atoms with Crippen molar-refractivity contribution >= 4 is 5.91 Å². The van der Waals surface area contributed by atoms with E-state index in [1.54, 1.807) is 23.1 Å². The van der Waals surface area contributed by atoms with Crippen molar-refractivity contribution in [2.75, 3.05) is 13.2 Å². The number of hydrogen-bond acceptors (Lipinski definition) is 5. The highest BCUT2D eigenvalue weighted by atomic mass is 16.5. The average molecular weight is 318 g/mol. The summed E-state index contributed by atoms with van der Waals surface area (Å²) in [7, 11) is 0. The molecule has 1 unspecified atom stereocenters. The normalized spacial score (nSPS) is 11.7. The Hall–Kier alpha value is -2.57. The van der Waals surface area contributed by atoms with E-state index in [-0.39, 0.29) is 18.6 Å². The number of hydrogen-bond donors (Lipinski definition) is 1. The van der Waals surface area contributed by atoms with Crippen LogP contribution in [0.25, 0.3) is 0 Å². The molecule has 0 radical (unpaired) electrons. The molecule has 1 atom stereocenters. The Balaban J connectivity index is 1.71. The third-order valence-corrected chi connectivity index (χ3v) is 3.00. The van der Waals surface area contributed by atoms with Crippen molar-refractivity contribution in [1.82, 2.24) is 20.1 Å². The summed E-state index contributed by atoms with van der Waals surface area (Å²) in [6, 6.07) is 7.18. The number of carbonyl (C=O) groups excluding carboxylic acids is 1. The van der Waals surface area contributed by atoms with Crippen LogP contribution >= 0.6 is 0 Å². The summed E-state index contributed by atoms with van der Waals surface area (Å²) in [6.07, 6.45) is 4.04. The van der Waals surface area contributed by atoms with Crippen molar-refractivity contribution in [1.29, 1.82) is 0 Å². The Morgan fingerprint density at radius 2 is 1.96 bits per heavy atom. The van der Waals surface area contributed by atoms with E-state index >= 15 is 0 Å². The number of nitrogens with one attached hydrogen (secondary N) is 1. The van der Waals surface area contributed by atoms with Crippen LogP contribution in [0, 0.1) is 0 Å². The first-order valence-electron chi connectivity index (χ1n) is 7.65. The quantitative estimate of drug-likeness (QED) is 0.760. The fourth-order valence-corrected chi connectivity index (χ4v) is 1.97. The molecule has 1 heterocycles. The van der Waals surface area contributed by atoms with Crippen molar-refractivity contribution in [3.63, 3.8) is 0 Å². The minimum absolute atomic E-state index is 0.0309. The van der Waals surface area contributed by atoms with Crippen molar-refractivity contribution < 1.29 is 14.3 Å². The molecule has 0 fully saturated rings. The van der Waals surface area contributed by atoms with Crippen LogP contribution in [0.4, 0.5) is 0 Å². The molecule has 0 aliphatic rings. The van der Waals surface area contributed by atoms with Crippen molar-refractivity contribution in [2.24, 2.45) is 0 Å². The molecule has 1 amide bonds. The zero-order valence-corrected chi connectivity index (χ0v) is 13.4. The SMILES string of the molecule is CCCOc1ccc(OCC(=O)NC(C)Cn2cncn2)cc1. The molecule has 0 spiro atoms. The summed E-state index contributed by atoms with van der Waals surface area (Å²) in [5.41, 5.74) is 0. The van der Waals surface area contributed by atoms with Crippen LogP contribution in [0.3, 0.4) is 0 Å². The minimum atomic E-state index is -0.177. The third-order valence-electron chi connectivity index (χ3n) is 3.00. The van der Waals surface area contributed by atoms with E-state index < -0.39 is 0 Å². The average Bonchev–Trinajstić information content (AvgIpc) is 3.04. The molecular weight excluding hydrogens is 296 g/mol. The zero-order valence-electron chi connectivity index (χ0n) is 13.4. The van der Waals surface area contributed by atoms with Gasteiger partial charge in [-0.25, -0.2) is 4.98 Å². The molecule has 0 bridgehead atoms. The monoisotopic (exact) mass is 318 g/mol. The molecule has 0 saturated heterocycles. The van der Waals surface area contributed by atoms with Crippen molar-refractivity contribution in [3.05, 3.63) is 36.9 Å². The summed E-state index contributed by atoms with van der Waals surface area (Å²) >= 11 is 0. The maximum absolute atomic E-state index is 11.9. The van der Waals surface area contributed by atoms with Gasteiger partial charge in [-0.2, -0.15) is 5.10 Å². The Morgan fingerprint density at radius 3 is 2.57 bits per heavy atom. The van der Waals surface area contributed by atoms with E-state index in [0.29, 0.717) is 18.9 Å². The van der Waals surface area contributed by atoms with Gasteiger partial charge in [0.2, 0.25) is 0 Å². The number of aromatic nitrogens is 3. The summed E-state index contributed by atoms with van der Waals surface area (Å²) < 4.78 is 12.6. The van der Waals surface area contributed by atoms with Gasteiger partial charge in [-0.05, 0) is 37.6 Å². The molecule has 7 heteroatoms. The Bertz CT molecular complexity index is 584. The van der Waals surface area contributed by atoms with Crippen LogP contribution in [0.1, 0.15) is 20.3 Å². The minimum Gasteiger partial charge on any atom is -0.494 e. The van der Waals surface area contributed by atoms with Crippen LogP contribution < -0.4 is 14.8 Å². The molecule has 23 heavy (non-hydrogen) atoms. The fraction of sp³-hybridized carbons (Fsp3) is 0.438. The molecule has 0 aliphatic carbocycles. The van der Waals surface area contributed by atoms with Gasteiger partial charge in [0.05, 0.1) is 13.2 Å². The number of benzene rings is 1. The molecule has 1 N–H and O–H groups in total. The number of nitrogens with zero attached hydrogens (tertiary/aromatic N) is 3. The summed E-state index contributed by atoms with van der Waals surface area (Å²) in [4.78, 5) is 15.7. The predicted molar refractivity (Wildman–Crippen MR) is 85.3 cm³/mol. The van der Waals surface area contributed by atoms with E-state index in [1.165, 1.54) is 6.33 Å². The van der Waals surface area contributed by atoms with Gasteiger partial charge in [0.15, 0.2) is 6.61 Å². The van der Waals surface area contributed by atoms with E-state index in [9.17, 15) is 4.79 Å². The fourth-order valence-electron chi connectivity index (χ4n) is 1.97. The maximum Gasteiger partial charge on any atom is 0.258 e. The van der Waals surface area contributed by atoms with E-state index in [4.69, 9.17) is 9.47 Å². The molecule has 2 aromatic rings. The van der Waals surface area contributed by atoms with Crippen LogP contribution in [-0.2, 0) is 11.3 Å². The van der Waals surface area contributed by atoms with Crippen molar-refractivity contribution in [3.8, 4) is 11.5 Å². The van der Waals surface area contributed by atoms with Gasteiger partial charge in [-0.15, -0.1) is 0 Å². The van der Waals surface area contributed by atoms with E-state index in [0.717, 1.165) is 12.2 Å². The van der Waals surface area contributed by atoms with Gasteiger partial charge in [0, 0.05) is 6.04 Å². The standard InChI is InChI=1S/C16H22N4O3/c1-3-8-22-14-4-6-15(7-5-14)23-10-16(21)19-13(2)9-20-12-17-11-18-20/h4-7,11-13H,3,8-10H2,1-2H3,(H,19,21). The van der Waals surface area contributed by atoms with Gasteiger partial charge in [-0.1, -0.05) is 6.92 Å². The number of amides is 1. The van der Waals surface area contributed by atoms with Crippen LogP contribution in [0.5, 0.6) is 11.5 Å². The largest absolute Gasteiger partial charge is 0.494 e. The molecule has 1 aromatic heterocycles. The number of ether oxygens (including phenoxy) is 2. The lowest BCUT2D eigenvalue weighted by Gasteiger charge is -2.14. The topological polar surface area (TPSA) is 78.3 Å². The van der Waals surface area contributed by atoms with Gasteiger partial charge in [0.25, 0.3) is 5.91 Å². The van der Waals surface area contributed by atoms with Gasteiger partial charge in [-0.3, -0.25) is 9.48 Å². The van der Waals surface area contributed by atoms with Crippen LogP contribution in [-0.4, -0.2) is 39.9 Å². The smallest absolute Gasteiger partial charge is 0.258 e. The molecule has 0 saturated carbocycles. The van der Waals surface area contributed by atoms with Gasteiger partial charge >= 0.3 is 0 Å². The maximum atomic E-state index is 11.9. The summed E-state index contributed by atoms with van der Waals surface area (Å²) in [6.45, 7) is 5.18. The predicted octanol–water partition coefficient (Wildman–Crippen LogP) is 1.65. The van der Waals surface area contributed by atoms with E-state index in [2.05, 4.69) is 22.3 Å². The number of rotatable bonds is 9. The molecular formula is C16H22N4O3. The van der Waals surface area contributed by atoms with Crippen LogP contribution in [0.2, 0.25) is 0 Å². The second-order valence-electron chi connectivity index (χ2n) is 5.19. The zero-order chi connectivity index (χ0) is 16.5. The second-order valence-corrected chi connectivity index (χ2v) is 5.19. The molecule has 124 valence electrons. The van der Waals surface area contributed by atoms with Crippen LogP contribution in [0.15, 0.2) is 36.9 Å². The lowest BCUT2D eigenvalue weighted by molar-refractivity contribution is -0.123. The first kappa shape index (κ1) is 16.8. The highest BCUT2D eigenvalue weighted by Gasteiger charge is 2.09. The Labute approximate surface area is 135 Å². The lowest BCUT2D eigenvalue weighted by atomic mass is 10.3. The molecule has 1 aromatic carbocycles. The highest BCUT2D eigenvalue weighted by molar-refractivity contribution is 5.77. The molecule has 7 nitrogen and oxygen atoms in total. The van der Waals surface area contributed by atoms with E-state index in [1.807, 2.05) is 19.1 Å². The van der Waals surface area contributed by atoms with Crippen molar-refractivity contribution in [2.45, 2.75) is 32.9 Å². The van der Waals surface area contributed by atoms with Gasteiger partial charge in [0.1, 0.15) is 24.2 Å². The molecule has 0 aliphatic heterocycles. The Kier molecular flexibility index (Phi) is 6.40. The number of carbonyl (C=O) groups is 1. The first-order chi connectivity index (χ1) is 11.2.